The smallest absolute Gasteiger partial charge is 0.394 e. The summed E-state index contributed by atoms with van der Waals surface area (Å²) in [6, 6.07) is 7.61. The first-order valence-electron chi connectivity index (χ1n) is 10.8. The van der Waals surface area contributed by atoms with Crippen molar-refractivity contribution in [2.45, 2.75) is 18.8 Å². The quantitative estimate of drug-likeness (QED) is 0.547. The molecule has 4 heterocycles. The highest BCUT2D eigenvalue weighted by molar-refractivity contribution is 8.18. The molecule has 0 radical (unpaired) electrons. The third-order valence-electron chi connectivity index (χ3n) is 5.68. The number of carbonyl (C=O) groups excluding carboxylic acids is 1. The van der Waals surface area contributed by atoms with E-state index in [-0.39, 0.29) is 30.9 Å². The zero-order valence-corrected chi connectivity index (χ0v) is 19.1. The van der Waals surface area contributed by atoms with Crippen molar-refractivity contribution in [3.8, 4) is 0 Å². The molecule has 1 atom stereocenters. The van der Waals surface area contributed by atoms with Crippen LogP contribution in [0.2, 0.25) is 0 Å². The number of amidine groups is 1. The number of aliphatic imine (C=N–C) groups is 1. The second-order valence-corrected chi connectivity index (χ2v) is 9.06. The normalized spacial score (nSPS) is 20.2. The third-order valence-corrected chi connectivity index (χ3v) is 6.73. The van der Waals surface area contributed by atoms with Crippen molar-refractivity contribution in [1.29, 1.82) is 0 Å². The highest BCUT2D eigenvalue weighted by Crippen LogP contribution is 2.33. The van der Waals surface area contributed by atoms with E-state index in [0.717, 1.165) is 17.0 Å². The fourth-order valence-electron chi connectivity index (χ4n) is 3.97. The summed E-state index contributed by atoms with van der Waals surface area (Å²) >= 11 is 1.26. The van der Waals surface area contributed by atoms with Gasteiger partial charge in [-0.2, -0.15) is 23.3 Å². The molecular formula is C23H20F3N5O3S. The maximum Gasteiger partial charge on any atom is 0.418 e. The Hall–Kier alpha value is -3.22. The third kappa shape index (κ3) is 4.95. The lowest BCUT2D eigenvalue weighted by atomic mass is 10.1. The SMILES string of the molecule is O=C1N=C(N2CCOC(CO)C2)SC1=Cc1ccc2c(cnn2Cc2ncccc2C(F)(F)F)c1. The second kappa shape index (κ2) is 9.44. The Kier molecular flexibility index (Phi) is 6.34. The van der Waals surface area contributed by atoms with Gasteiger partial charge in [-0.05, 0) is 47.7 Å². The zero-order valence-electron chi connectivity index (χ0n) is 18.3. The van der Waals surface area contributed by atoms with Crippen LogP contribution in [0.3, 0.4) is 0 Å². The Morgan fingerprint density at radius 1 is 1.29 bits per heavy atom. The number of carbonyl (C=O) groups is 1. The van der Waals surface area contributed by atoms with Gasteiger partial charge in [-0.3, -0.25) is 14.5 Å². The number of nitrogens with zero attached hydrogens (tertiary/aromatic N) is 5. The number of amides is 1. The summed E-state index contributed by atoms with van der Waals surface area (Å²) in [5.41, 5.74) is 0.494. The Morgan fingerprint density at radius 2 is 2.14 bits per heavy atom. The first-order chi connectivity index (χ1) is 16.8. The number of benzene rings is 1. The summed E-state index contributed by atoms with van der Waals surface area (Å²) < 4.78 is 46.9. The minimum atomic E-state index is -4.50. The van der Waals surface area contributed by atoms with Gasteiger partial charge >= 0.3 is 6.18 Å². The van der Waals surface area contributed by atoms with Crippen LogP contribution in [0.25, 0.3) is 17.0 Å². The van der Waals surface area contributed by atoms with E-state index in [1.54, 1.807) is 24.4 Å². The predicted molar refractivity (Wildman–Crippen MR) is 124 cm³/mol. The molecule has 0 spiro atoms. The number of aliphatic hydroxyl groups is 1. The number of morpholine rings is 1. The number of aliphatic hydroxyl groups excluding tert-OH is 1. The molecule has 3 aromatic rings. The van der Waals surface area contributed by atoms with Crippen LogP contribution in [0.15, 0.2) is 52.6 Å². The number of hydrogen-bond donors (Lipinski definition) is 1. The Labute approximate surface area is 202 Å². The van der Waals surface area contributed by atoms with Gasteiger partial charge in [0, 0.05) is 24.7 Å². The second-order valence-electron chi connectivity index (χ2n) is 8.05. The number of hydrogen-bond acceptors (Lipinski definition) is 7. The molecule has 8 nitrogen and oxygen atoms in total. The van der Waals surface area contributed by atoms with Crippen LogP contribution in [0.5, 0.6) is 0 Å². The lowest BCUT2D eigenvalue weighted by molar-refractivity contribution is -0.138. The van der Waals surface area contributed by atoms with Gasteiger partial charge in [0.1, 0.15) is 0 Å². The molecule has 1 fully saturated rings. The molecule has 12 heteroatoms. The first-order valence-corrected chi connectivity index (χ1v) is 11.6. The van der Waals surface area contributed by atoms with Gasteiger partial charge in [-0.15, -0.1) is 0 Å². The number of aromatic nitrogens is 3. The molecule has 35 heavy (non-hydrogen) atoms. The van der Waals surface area contributed by atoms with Gasteiger partial charge in [-0.1, -0.05) is 6.07 Å². The minimum Gasteiger partial charge on any atom is -0.394 e. The molecule has 2 aliphatic rings. The van der Waals surface area contributed by atoms with Crippen molar-refractivity contribution in [2.75, 3.05) is 26.3 Å². The molecule has 1 unspecified atom stereocenters. The fraction of sp³-hybridized carbons (Fsp3) is 0.304. The van der Waals surface area contributed by atoms with Crippen LogP contribution >= 0.6 is 11.8 Å². The van der Waals surface area contributed by atoms with E-state index >= 15 is 0 Å². The largest absolute Gasteiger partial charge is 0.418 e. The Morgan fingerprint density at radius 3 is 2.94 bits per heavy atom. The van der Waals surface area contributed by atoms with Crippen LogP contribution in [0, 0.1) is 0 Å². The number of alkyl halides is 3. The van der Waals surface area contributed by atoms with E-state index in [1.165, 1.54) is 28.7 Å². The lowest BCUT2D eigenvalue weighted by Gasteiger charge is -2.32. The number of halogens is 3. The minimum absolute atomic E-state index is 0.101. The molecule has 5 rings (SSSR count). The number of pyridine rings is 1. The summed E-state index contributed by atoms with van der Waals surface area (Å²) in [6.07, 6.45) is -0.188. The first kappa shape index (κ1) is 23.5. The van der Waals surface area contributed by atoms with Gasteiger partial charge in [-0.25, -0.2) is 0 Å². The maximum absolute atomic E-state index is 13.3. The Balaban J connectivity index is 1.34. The predicted octanol–water partition coefficient (Wildman–Crippen LogP) is 3.16. The van der Waals surface area contributed by atoms with Crippen LogP contribution in [-0.4, -0.2) is 68.3 Å². The molecule has 2 aliphatic heterocycles. The van der Waals surface area contributed by atoms with Gasteiger partial charge in [0.2, 0.25) is 0 Å². The van der Waals surface area contributed by atoms with E-state index in [1.807, 2.05) is 11.0 Å². The molecule has 2 aromatic heterocycles. The standard InChI is InChI=1S/C23H20F3N5O3S/c24-23(25,26)17-2-1-5-27-18(17)12-31-19-4-3-14(8-15(19)10-28-31)9-20-21(33)29-22(35-20)30-6-7-34-16(11-30)13-32/h1-5,8-10,16,32H,6-7,11-13H2. The monoisotopic (exact) mass is 503 g/mol. The molecular weight excluding hydrogens is 483 g/mol. The van der Waals surface area contributed by atoms with Crippen molar-refractivity contribution >= 4 is 39.8 Å². The summed E-state index contributed by atoms with van der Waals surface area (Å²) in [5, 5.41) is 14.9. The van der Waals surface area contributed by atoms with Gasteiger partial charge in [0.05, 0.1) is 53.7 Å². The van der Waals surface area contributed by atoms with E-state index in [4.69, 9.17) is 4.74 Å². The number of ether oxygens (including phenoxy) is 1. The van der Waals surface area contributed by atoms with Gasteiger partial charge < -0.3 is 14.7 Å². The highest BCUT2D eigenvalue weighted by Gasteiger charge is 2.34. The highest BCUT2D eigenvalue weighted by atomic mass is 32.2. The molecule has 1 amide bonds. The Bertz CT molecular complexity index is 1340. The summed E-state index contributed by atoms with van der Waals surface area (Å²) in [4.78, 5) is 22.9. The van der Waals surface area contributed by atoms with Crippen molar-refractivity contribution in [3.63, 3.8) is 0 Å². The topological polar surface area (TPSA) is 92.8 Å². The zero-order chi connectivity index (χ0) is 24.6. The van der Waals surface area contributed by atoms with Crippen LogP contribution in [0.1, 0.15) is 16.8 Å². The molecule has 0 bridgehead atoms. The van der Waals surface area contributed by atoms with E-state index < -0.39 is 11.7 Å². The summed E-state index contributed by atoms with van der Waals surface area (Å²) in [5.74, 6) is -0.345. The van der Waals surface area contributed by atoms with Crippen molar-refractivity contribution in [2.24, 2.45) is 4.99 Å². The average molecular weight is 504 g/mol. The van der Waals surface area contributed by atoms with Crippen LogP contribution in [0.4, 0.5) is 13.2 Å². The van der Waals surface area contributed by atoms with E-state index in [0.29, 0.717) is 35.3 Å². The number of fused-ring (bicyclic) bond motifs is 1. The molecule has 1 aromatic carbocycles. The number of rotatable bonds is 4. The molecule has 1 saturated heterocycles. The van der Waals surface area contributed by atoms with Gasteiger partial charge in [0.15, 0.2) is 5.17 Å². The summed E-state index contributed by atoms with van der Waals surface area (Å²) in [6.45, 7) is 1.26. The lowest BCUT2D eigenvalue weighted by Crippen LogP contribution is -2.45. The van der Waals surface area contributed by atoms with E-state index in [2.05, 4.69) is 15.1 Å². The maximum atomic E-state index is 13.3. The van der Waals surface area contributed by atoms with Crippen LogP contribution in [-0.2, 0) is 22.3 Å². The van der Waals surface area contributed by atoms with E-state index in [9.17, 15) is 23.1 Å². The van der Waals surface area contributed by atoms with Crippen molar-refractivity contribution in [1.82, 2.24) is 19.7 Å². The molecule has 1 N–H and O–H groups in total. The molecule has 0 saturated carbocycles. The summed E-state index contributed by atoms with van der Waals surface area (Å²) in [7, 11) is 0. The number of thioether (sulfide) groups is 1. The van der Waals surface area contributed by atoms with Crippen LogP contribution < -0.4 is 0 Å². The average Bonchev–Trinajstić information content (AvgIpc) is 3.41. The molecule has 0 aliphatic carbocycles. The van der Waals surface area contributed by atoms with Crippen molar-refractivity contribution in [3.05, 3.63) is 64.5 Å². The fourth-order valence-corrected chi connectivity index (χ4v) is 4.92. The molecule has 182 valence electrons. The van der Waals surface area contributed by atoms with Crippen molar-refractivity contribution < 1.29 is 27.8 Å². The van der Waals surface area contributed by atoms with Gasteiger partial charge in [0.25, 0.3) is 5.91 Å².